The number of rotatable bonds is 6. The molecule has 1 atom stereocenters. The number of carbonyl (C=O) groups is 1. The van der Waals surface area contributed by atoms with Gasteiger partial charge in [-0.25, -0.2) is 0 Å². The molecular formula is C17H23ClO4S. The summed E-state index contributed by atoms with van der Waals surface area (Å²) in [6, 6.07) is 7.35. The number of ether oxygens (including phenoxy) is 2. The zero-order chi connectivity index (χ0) is 17.1. The zero-order valence-electron chi connectivity index (χ0n) is 13.7. The van der Waals surface area contributed by atoms with Crippen LogP contribution in [0.3, 0.4) is 0 Å². The molecule has 1 saturated heterocycles. The number of halogens is 1. The summed E-state index contributed by atoms with van der Waals surface area (Å²) in [5.74, 6) is -1.30. The molecule has 1 aromatic carbocycles. The van der Waals surface area contributed by atoms with E-state index in [1.54, 1.807) is 12.1 Å². The summed E-state index contributed by atoms with van der Waals surface area (Å²) in [6.45, 7) is 7.14. The molecule has 0 saturated carbocycles. The van der Waals surface area contributed by atoms with Crippen LogP contribution in [0.2, 0.25) is 5.02 Å². The van der Waals surface area contributed by atoms with Crippen LogP contribution in [-0.4, -0.2) is 35.3 Å². The Kier molecular flexibility index (Phi) is 6.00. The summed E-state index contributed by atoms with van der Waals surface area (Å²) < 4.78 is 12.2. The Labute approximate surface area is 146 Å². The molecular weight excluding hydrogens is 336 g/mol. The van der Waals surface area contributed by atoms with Gasteiger partial charge in [0.05, 0.1) is 19.0 Å². The van der Waals surface area contributed by atoms with Crippen molar-refractivity contribution in [2.75, 3.05) is 19.0 Å². The van der Waals surface area contributed by atoms with Crippen molar-refractivity contribution in [3.63, 3.8) is 0 Å². The molecule has 1 unspecified atom stereocenters. The van der Waals surface area contributed by atoms with Gasteiger partial charge in [-0.05, 0) is 18.6 Å². The predicted octanol–water partition coefficient (Wildman–Crippen LogP) is 4.16. The van der Waals surface area contributed by atoms with Crippen molar-refractivity contribution in [3.8, 4) is 0 Å². The summed E-state index contributed by atoms with van der Waals surface area (Å²) in [7, 11) is 0. The maximum Gasteiger partial charge on any atom is 0.316 e. The normalized spacial score (nSPS) is 20.9. The highest BCUT2D eigenvalue weighted by Crippen LogP contribution is 2.40. The van der Waals surface area contributed by atoms with Crippen LogP contribution < -0.4 is 0 Å². The van der Waals surface area contributed by atoms with Gasteiger partial charge >= 0.3 is 5.97 Å². The number of hydrogen-bond acceptors (Lipinski definition) is 4. The van der Waals surface area contributed by atoms with Crippen molar-refractivity contribution in [1.82, 2.24) is 0 Å². The maximum atomic E-state index is 11.3. The topological polar surface area (TPSA) is 55.8 Å². The van der Waals surface area contributed by atoms with E-state index in [1.807, 2.05) is 19.1 Å². The standard InChI is InChI=1S/C17H23ClO4S/c1-4-14(15(19)20)23-11-17(12-5-7-13(18)8-6-12)21-9-16(2,3)10-22-17/h5-8,14H,4,9-11H2,1-3H3,(H,19,20). The second-order valence-electron chi connectivity index (χ2n) is 6.55. The van der Waals surface area contributed by atoms with E-state index >= 15 is 0 Å². The van der Waals surface area contributed by atoms with Gasteiger partial charge in [-0.2, -0.15) is 0 Å². The van der Waals surface area contributed by atoms with Crippen molar-refractivity contribution < 1.29 is 19.4 Å². The Hall–Kier alpha value is -0.750. The van der Waals surface area contributed by atoms with Crippen LogP contribution >= 0.6 is 23.4 Å². The van der Waals surface area contributed by atoms with Crippen LogP contribution in [0.4, 0.5) is 0 Å². The van der Waals surface area contributed by atoms with Gasteiger partial charge in [0.2, 0.25) is 5.79 Å². The molecule has 0 radical (unpaired) electrons. The van der Waals surface area contributed by atoms with Crippen molar-refractivity contribution in [2.45, 2.75) is 38.2 Å². The number of carboxylic acids is 1. The third kappa shape index (κ3) is 4.63. The van der Waals surface area contributed by atoms with Gasteiger partial charge in [0.25, 0.3) is 0 Å². The fourth-order valence-electron chi connectivity index (χ4n) is 2.32. The summed E-state index contributed by atoms with van der Waals surface area (Å²) in [6.07, 6.45) is 0.558. The maximum absolute atomic E-state index is 11.3. The Morgan fingerprint density at radius 2 is 1.87 bits per heavy atom. The quantitative estimate of drug-likeness (QED) is 0.827. The molecule has 0 bridgehead atoms. The molecule has 1 heterocycles. The smallest absolute Gasteiger partial charge is 0.316 e. The van der Waals surface area contributed by atoms with Gasteiger partial charge in [0.1, 0.15) is 5.25 Å². The molecule has 1 aliphatic rings. The van der Waals surface area contributed by atoms with Crippen LogP contribution in [0.1, 0.15) is 32.8 Å². The number of carboxylic acid groups (broad SMARTS) is 1. The molecule has 1 fully saturated rings. The Balaban J connectivity index is 2.22. The van der Waals surface area contributed by atoms with E-state index in [0.29, 0.717) is 30.4 Å². The van der Waals surface area contributed by atoms with E-state index in [1.165, 1.54) is 11.8 Å². The van der Waals surface area contributed by atoms with Gasteiger partial charge in [0, 0.05) is 16.0 Å². The van der Waals surface area contributed by atoms with E-state index in [-0.39, 0.29) is 5.41 Å². The molecule has 0 aromatic heterocycles. The van der Waals surface area contributed by atoms with Gasteiger partial charge in [-0.1, -0.05) is 44.5 Å². The van der Waals surface area contributed by atoms with E-state index in [9.17, 15) is 9.90 Å². The average molecular weight is 359 g/mol. The fraction of sp³-hybridized carbons (Fsp3) is 0.588. The van der Waals surface area contributed by atoms with Crippen LogP contribution in [0.25, 0.3) is 0 Å². The van der Waals surface area contributed by atoms with E-state index in [0.717, 1.165) is 5.56 Å². The van der Waals surface area contributed by atoms with Gasteiger partial charge < -0.3 is 14.6 Å². The van der Waals surface area contributed by atoms with Crippen LogP contribution in [0.15, 0.2) is 24.3 Å². The first-order chi connectivity index (χ1) is 10.8. The average Bonchev–Trinajstić information content (AvgIpc) is 2.50. The Bertz CT molecular complexity index is 534. The first-order valence-corrected chi connectivity index (χ1v) is 9.09. The minimum Gasteiger partial charge on any atom is -0.480 e. The number of thioether (sulfide) groups is 1. The summed E-state index contributed by atoms with van der Waals surface area (Å²) in [5, 5.41) is 9.43. The minimum atomic E-state index is -0.923. The third-order valence-electron chi connectivity index (χ3n) is 3.80. The first kappa shape index (κ1) is 18.6. The van der Waals surface area contributed by atoms with E-state index in [4.69, 9.17) is 21.1 Å². The second kappa shape index (κ2) is 7.43. The third-order valence-corrected chi connectivity index (χ3v) is 5.53. The molecule has 1 aromatic rings. The SMILES string of the molecule is CCC(SCC1(c2ccc(Cl)cc2)OCC(C)(C)CO1)C(=O)O. The Morgan fingerprint density at radius 1 is 1.30 bits per heavy atom. The molecule has 0 aliphatic carbocycles. The lowest BCUT2D eigenvalue weighted by atomic mass is 9.93. The zero-order valence-corrected chi connectivity index (χ0v) is 15.2. The van der Waals surface area contributed by atoms with Crippen molar-refractivity contribution >= 4 is 29.3 Å². The molecule has 6 heteroatoms. The molecule has 1 N–H and O–H groups in total. The number of hydrogen-bond donors (Lipinski definition) is 1. The molecule has 1 aliphatic heterocycles. The lowest BCUT2D eigenvalue weighted by Crippen LogP contribution is -2.47. The summed E-state index contributed by atoms with van der Waals surface area (Å²) in [4.78, 5) is 11.3. The summed E-state index contributed by atoms with van der Waals surface area (Å²) in [5.41, 5.74) is 0.808. The highest BCUT2D eigenvalue weighted by atomic mass is 35.5. The minimum absolute atomic E-state index is 0.0580. The molecule has 0 amide bonds. The lowest BCUT2D eigenvalue weighted by Gasteiger charge is -2.44. The predicted molar refractivity (Wildman–Crippen MR) is 93.0 cm³/mol. The van der Waals surface area contributed by atoms with Crippen molar-refractivity contribution in [3.05, 3.63) is 34.9 Å². The Morgan fingerprint density at radius 3 is 2.35 bits per heavy atom. The highest BCUT2D eigenvalue weighted by molar-refractivity contribution is 8.00. The molecule has 23 heavy (non-hydrogen) atoms. The largest absolute Gasteiger partial charge is 0.480 e. The molecule has 0 spiro atoms. The van der Waals surface area contributed by atoms with Crippen molar-refractivity contribution in [2.24, 2.45) is 5.41 Å². The summed E-state index contributed by atoms with van der Waals surface area (Å²) >= 11 is 7.32. The fourth-order valence-corrected chi connectivity index (χ4v) is 3.58. The van der Waals surface area contributed by atoms with Crippen LogP contribution in [0, 0.1) is 5.41 Å². The second-order valence-corrected chi connectivity index (χ2v) is 8.17. The molecule has 4 nitrogen and oxygen atoms in total. The van der Waals surface area contributed by atoms with Crippen molar-refractivity contribution in [1.29, 1.82) is 0 Å². The lowest BCUT2D eigenvalue weighted by molar-refractivity contribution is -0.295. The van der Waals surface area contributed by atoms with E-state index < -0.39 is 17.0 Å². The first-order valence-electron chi connectivity index (χ1n) is 7.66. The number of benzene rings is 1. The molecule has 2 rings (SSSR count). The van der Waals surface area contributed by atoms with E-state index in [2.05, 4.69) is 13.8 Å². The van der Waals surface area contributed by atoms with Gasteiger partial charge in [0.15, 0.2) is 0 Å². The van der Waals surface area contributed by atoms with Crippen LogP contribution in [-0.2, 0) is 20.1 Å². The highest BCUT2D eigenvalue weighted by Gasteiger charge is 2.43. The van der Waals surface area contributed by atoms with Crippen LogP contribution in [0.5, 0.6) is 0 Å². The molecule has 128 valence electrons. The van der Waals surface area contributed by atoms with Gasteiger partial charge in [-0.15, -0.1) is 11.8 Å². The monoisotopic (exact) mass is 358 g/mol. The van der Waals surface area contributed by atoms with Gasteiger partial charge in [-0.3, -0.25) is 4.79 Å². The number of aliphatic carboxylic acids is 1.